The fourth-order valence-electron chi connectivity index (χ4n) is 2.91. The van der Waals surface area contributed by atoms with E-state index in [-0.39, 0.29) is 11.8 Å². The summed E-state index contributed by atoms with van der Waals surface area (Å²) < 4.78 is 0. The Morgan fingerprint density at radius 1 is 1.08 bits per heavy atom. The molecule has 2 N–H and O–H groups in total. The first-order valence-electron chi connectivity index (χ1n) is 8.63. The van der Waals surface area contributed by atoms with E-state index >= 15 is 0 Å². The smallest absolute Gasteiger partial charge is 0.227 e. The van der Waals surface area contributed by atoms with Gasteiger partial charge < -0.3 is 10.6 Å². The summed E-state index contributed by atoms with van der Waals surface area (Å²) >= 11 is 0. The minimum Gasteiger partial charge on any atom is -0.365 e. The molecular formula is C20H20N4O. The highest BCUT2D eigenvalue weighted by molar-refractivity contribution is 5.93. The Morgan fingerprint density at radius 3 is 2.72 bits per heavy atom. The van der Waals surface area contributed by atoms with E-state index in [1.54, 1.807) is 6.20 Å². The third-order valence-corrected chi connectivity index (χ3v) is 4.59. The van der Waals surface area contributed by atoms with Crippen molar-refractivity contribution < 1.29 is 4.79 Å². The van der Waals surface area contributed by atoms with E-state index in [0.29, 0.717) is 6.54 Å². The molecule has 0 aliphatic heterocycles. The molecule has 5 heteroatoms. The molecule has 1 saturated carbocycles. The summed E-state index contributed by atoms with van der Waals surface area (Å²) in [4.78, 5) is 21.0. The first kappa shape index (κ1) is 15.6. The summed E-state index contributed by atoms with van der Waals surface area (Å²) in [7, 11) is 0. The molecule has 1 aliphatic carbocycles. The first-order chi connectivity index (χ1) is 12.3. The summed E-state index contributed by atoms with van der Waals surface area (Å²) in [5.74, 6) is 1.06. The molecule has 0 atom stereocenters. The van der Waals surface area contributed by atoms with Crippen LogP contribution in [0.1, 0.15) is 24.8 Å². The zero-order valence-electron chi connectivity index (χ0n) is 13.9. The van der Waals surface area contributed by atoms with Crippen LogP contribution in [0, 0.1) is 5.92 Å². The maximum atomic E-state index is 12.1. The number of rotatable bonds is 5. The summed E-state index contributed by atoms with van der Waals surface area (Å²) in [5.41, 5.74) is 3.69. The van der Waals surface area contributed by atoms with Crippen LogP contribution in [0.4, 0.5) is 11.5 Å². The van der Waals surface area contributed by atoms with Crippen molar-refractivity contribution >= 4 is 28.4 Å². The van der Waals surface area contributed by atoms with Crippen LogP contribution in [0.3, 0.4) is 0 Å². The maximum Gasteiger partial charge on any atom is 0.227 e. The molecule has 1 fully saturated rings. The molecule has 1 aromatic heterocycles. The number of anilines is 2. The number of aromatic nitrogens is 2. The van der Waals surface area contributed by atoms with Crippen molar-refractivity contribution in [2.75, 3.05) is 10.6 Å². The number of para-hydroxylation sites is 2. The second-order valence-corrected chi connectivity index (χ2v) is 6.41. The van der Waals surface area contributed by atoms with Gasteiger partial charge in [0.1, 0.15) is 5.82 Å². The van der Waals surface area contributed by atoms with E-state index in [0.717, 1.165) is 47.4 Å². The second-order valence-electron chi connectivity index (χ2n) is 6.41. The fraction of sp³-hybridized carbons (Fsp3) is 0.250. The van der Waals surface area contributed by atoms with Gasteiger partial charge in [0.05, 0.1) is 17.2 Å². The second kappa shape index (κ2) is 6.89. The summed E-state index contributed by atoms with van der Waals surface area (Å²) in [5, 5.41) is 6.30. The number of benzene rings is 2. The quantitative estimate of drug-likeness (QED) is 0.741. The summed E-state index contributed by atoms with van der Waals surface area (Å²) in [6.45, 7) is 0.625. The molecule has 5 nitrogen and oxygen atoms in total. The highest BCUT2D eigenvalue weighted by Gasteiger charge is 2.25. The number of hydrogen-bond donors (Lipinski definition) is 2. The van der Waals surface area contributed by atoms with Crippen molar-refractivity contribution in [1.29, 1.82) is 0 Å². The van der Waals surface area contributed by atoms with Crippen molar-refractivity contribution in [3.63, 3.8) is 0 Å². The van der Waals surface area contributed by atoms with Crippen LogP contribution in [0.15, 0.2) is 54.7 Å². The Kier molecular flexibility index (Phi) is 4.29. The molecule has 0 bridgehead atoms. The van der Waals surface area contributed by atoms with Gasteiger partial charge in [-0.25, -0.2) is 4.98 Å². The minimum absolute atomic E-state index is 0.136. The average Bonchev–Trinajstić information content (AvgIpc) is 2.58. The average molecular weight is 332 g/mol. The lowest BCUT2D eigenvalue weighted by Crippen LogP contribution is -2.28. The number of nitrogens with zero attached hydrogens (tertiary/aromatic N) is 2. The number of hydrogen-bond acceptors (Lipinski definition) is 4. The van der Waals surface area contributed by atoms with Crippen molar-refractivity contribution in [3.05, 3.63) is 60.3 Å². The van der Waals surface area contributed by atoms with Crippen LogP contribution < -0.4 is 10.6 Å². The largest absolute Gasteiger partial charge is 0.365 e. The van der Waals surface area contributed by atoms with Crippen LogP contribution in [0.2, 0.25) is 0 Å². The molecule has 0 unspecified atom stereocenters. The van der Waals surface area contributed by atoms with E-state index in [4.69, 9.17) is 0 Å². The molecule has 3 aromatic rings. The topological polar surface area (TPSA) is 66.9 Å². The van der Waals surface area contributed by atoms with Gasteiger partial charge in [-0.2, -0.15) is 0 Å². The molecule has 2 aromatic carbocycles. The highest BCUT2D eigenvalue weighted by Crippen LogP contribution is 2.27. The van der Waals surface area contributed by atoms with Gasteiger partial charge in [-0.3, -0.25) is 9.78 Å². The zero-order chi connectivity index (χ0) is 17.1. The molecule has 0 spiro atoms. The normalized spacial score (nSPS) is 14.1. The minimum atomic E-state index is 0.136. The molecule has 1 aliphatic rings. The first-order valence-corrected chi connectivity index (χ1v) is 8.63. The standard InChI is InChI=1S/C20H20N4O/c25-20(15-6-4-7-15)23-16-8-3-5-14(11-16)12-22-19-13-21-17-9-1-2-10-18(17)24-19/h1-3,5,8-11,13,15H,4,6-7,12H2,(H,22,24)(H,23,25). The molecular weight excluding hydrogens is 312 g/mol. The number of nitrogens with one attached hydrogen (secondary N) is 2. The van der Waals surface area contributed by atoms with Crippen molar-refractivity contribution in [3.8, 4) is 0 Å². The van der Waals surface area contributed by atoms with Crippen LogP contribution in [0.25, 0.3) is 11.0 Å². The Bertz CT molecular complexity index is 905. The Labute approximate surface area is 146 Å². The predicted octanol–water partition coefficient (Wildman–Crippen LogP) is 3.98. The van der Waals surface area contributed by atoms with Gasteiger partial charge in [0.25, 0.3) is 0 Å². The summed E-state index contributed by atoms with van der Waals surface area (Å²) in [6, 6.07) is 15.7. The molecule has 1 amide bonds. The Balaban J connectivity index is 1.41. The van der Waals surface area contributed by atoms with Gasteiger partial charge >= 0.3 is 0 Å². The molecule has 0 radical (unpaired) electrons. The lowest BCUT2D eigenvalue weighted by molar-refractivity contribution is -0.122. The fourth-order valence-corrected chi connectivity index (χ4v) is 2.91. The van der Waals surface area contributed by atoms with Crippen LogP contribution >= 0.6 is 0 Å². The lowest BCUT2D eigenvalue weighted by atomic mass is 9.85. The molecule has 0 saturated heterocycles. The lowest BCUT2D eigenvalue weighted by Gasteiger charge is -2.24. The highest BCUT2D eigenvalue weighted by atomic mass is 16.1. The molecule has 4 rings (SSSR count). The SMILES string of the molecule is O=C(Nc1cccc(CNc2cnc3ccccc3n2)c1)C1CCC1. The van der Waals surface area contributed by atoms with E-state index < -0.39 is 0 Å². The third-order valence-electron chi connectivity index (χ3n) is 4.59. The van der Waals surface area contributed by atoms with Crippen molar-refractivity contribution in [2.24, 2.45) is 5.92 Å². The molecule has 1 heterocycles. The predicted molar refractivity (Wildman–Crippen MR) is 99.3 cm³/mol. The van der Waals surface area contributed by atoms with E-state index in [9.17, 15) is 4.79 Å². The Hall–Kier alpha value is -2.95. The van der Waals surface area contributed by atoms with Crippen LogP contribution in [-0.4, -0.2) is 15.9 Å². The van der Waals surface area contributed by atoms with Crippen molar-refractivity contribution in [2.45, 2.75) is 25.8 Å². The third kappa shape index (κ3) is 3.60. The maximum absolute atomic E-state index is 12.1. The van der Waals surface area contributed by atoms with E-state index in [1.165, 1.54) is 0 Å². The van der Waals surface area contributed by atoms with Gasteiger partial charge in [0.2, 0.25) is 5.91 Å². The van der Waals surface area contributed by atoms with Gasteiger partial charge in [-0.15, -0.1) is 0 Å². The Morgan fingerprint density at radius 2 is 1.92 bits per heavy atom. The van der Waals surface area contributed by atoms with Crippen molar-refractivity contribution in [1.82, 2.24) is 9.97 Å². The number of fused-ring (bicyclic) bond motifs is 1. The number of carbonyl (C=O) groups excluding carboxylic acids is 1. The van der Waals surface area contributed by atoms with Crippen LogP contribution in [0.5, 0.6) is 0 Å². The molecule has 25 heavy (non-hydrogen) atoms. The van der Waals surface area contributed by atoms with E-state index in [1.807, 2.05) is 48.5 Å². The molecule has 126 valence electrons. The van der Waals surface area contributed by atoms with Gasteiger partial charge in [0, 0.05) is 18.2 Å². The monoisotopic (exact) mass is 332 g/mol. The zero-order valence-corrected chi connectivity index (χ0v) is 13.9. The summed E-state index contributed by atoms with van der Waals surface area (Å²) in [6.07, 6.45) is 4.92. The van der Waals surface area contributed by atoms with Gasteiger partial charge in [-0.1, -0.05) is 30.7 Å². The van der Waals surface area contributed by atoms with Gasteiger partial charge in [-0.05, 0) is 42.7 Å². The number of carbonyl (C=O) groups is 1. The van der Waals surface area contributed by atoms with Gasteiger partial charge in [0.15, 0.2) is 0 Å². The number of amides is 1. The van der Waals surface area contributed by atoms with Crippen LogP contribution in [-0.2, 0) is 11.3 Å². The van der Waals surface area contributed by atoms with E-state index in [2.05, 4.69) is 20.6 Å².